The predicted molar refractivity (Wildman–Crippen MR) is 120 cm³/mol. The van der Waals surface area contributed by atoms with E-state index in [4.69, 9.17) is 13.3 Å². The molecular weight excluding hydrogens is 352 g/mol. The SMILES string of the molecule is CCCCCCCCCCCCCCCCCC(C)O[SiH](OCC)OCC. The second-order valence-corrected chi connectivity index (χ2v) is 9.40. The average Bonchev–Trinajstić information content (AvgIpc) is 2.65. The number of hydrogen-bond donors (Lipinski definition) is 0. The number of unbranched alkanes of at least 4 members (excludes halogenated alkanes) is 14. The Kier molecular flexibility index (Phi) is 22.5. The van der Waals surface area contributed by atoms with Crippen molar-refractivity contribution >= 4 is 9.53 Å². The lowest BCUT2D eigenvalue weighted by molar-refractivity contribution is 0.0659. The third kappa shape index (κ3) is 20.6. The van der Waals surface area contributed by atoms with E-state index in [1.165, 1.54) is 96.3 Å². The van der Waals surface area contributed by atoms with Crippen molar-refractivity contribution in [2.45, 2.75) is 137 Å². The van der Waals surface area contributed by atoms with Crippen molar-refractivity contribution in [3.63, 3.8) is 0 Å². The zero-order valence-electron chi connectivity index (χ0n) is 19.1. The van der Waals surface area contributed by atoms with Crippen molar-refractivity contribution in [3.8, 4) is 0 Å². The van der Waals surface area contributed by atoms with Crippen molar-refractivity contribution in [1.29, 1.82) is 0 Å². The smallest absolute Gasteiger partial charge is 0.376 e. The van der Waals surface area contributed by atoms with Crippen molar-refractivity contribution in [3.05, 3.63) is 0 Å². The molecule has 0 aromatic rings. The van der Waals surface area contributed by atoms with Gasteiger partial charge in [0.05, 0.1) is 0 Å². The third-order valence-electron chi connectivity index (χ3n) is 5.16. The van der Waals surface area contributed by atoms with Crippen LogP contribution in [0.2, 0.25) is 0 Å². The molecule has 0 aliphatic heterocycles. The lowest BCUT2D eigenvalue weighted by Gasteiger charge is -2.20. The molecule has 3 nitrogen and oxygen atoms in total. The molecule has 0 heterocycles. The Morgan fingerprint density at radius 1 is 0.556 bits per heavy atom. The fourth-order valence-electron chi connectivity index (χ4n) is 3.46. The summed E-state index contributed by atoms with van der Waals surface area (Å²) in [6, 6.07) is 0. The highest BCUT2D eigenvalue weighted by Gasteiger charge is 2.17. The molecule has 1 unspecified atom stereocenters. The molecule has 0 saturated carbocycles. The first-order chi connectivity index (χ1) is 13.2. The Morgan fingerprint density at radius 3 is 1.30 bits per heavy atom. The highest BCUT2D eigenvalue weighted by molar-refractivity contribution is 6.36. The average molecular weight is 403 g/mol. The van der Waals surface area contributed by atoms with E-state index in [2.05, 4.69) is 13.8 Å². The zero-order chi connectivity index (χ0) is 20.0. The van der Waals surface area contributed by atoms with E-state index in [0.717, 1.165) is 6.42 Å². The van der Waals surface area contributed by atoms with Gasteiger partial charge in [-0.2, -0.15) is 0 Å². The molecule has 0 radical (unpaired) electrons. The second-order valence-electron chi connectivity index (χ2n) is 7.88. The van der Waals surface area contributed by atoms with E-state index < -0.39 is 9.53 Å². The van der Waals surface area contributed by atoms with Crippen LogP contribution >= 0.6 is 0 Å². The van der Waals surface area contributed by atoms with E-state index >= 15 is 0 Å². The summed E-state index contributed by atoms with van der Waals surface area (Å²) < 4.78 is 17.1. The highest BCUT2D eigenvalue weighted by Crippen LogP contribution is 2.14. The van der Waals surface area contributed by atoms with Gasteiger partial charge in [0.25, 0.3) is 0 Å². The maximum atomic E-state index is 5.94. The van der Waals surface area contributed by atoms with E-state index in [9.17, 15) is 0 Å². The molecule has 0 saturated heterocycles. The number of hydrogen-bond acceptors (Lipinski definition) is 3. The van der Waals surface area contributed by atoms with Crippen LogP contribution in [-0.4, -0.2) is 28.8 Å². The highest BCUT2D eigenvalue weighted by atomic mass is 28.3. The molecule has 27 heavy (non-hydrogen) atoms. The first-order valence-electron chi connectivity index (χ1n) is 12.1. The molecule has 0 amide bonds. The van der Waals surface area contributed by atoms with Gasteiger partial charge in [0.2, 0.25) is 0 Å². The fraction of sp³-hybridized carbons (Fsp3) is 1.00. The molecule has 0 aromatic heterocycles. The van der Waals surface area contributed by atoms with Gasteiger partial charge in [-0.05, 0) is 27.2 Å². The van der Waals surface area contributed by atoms with Gasteiger partial charge in [-0.3, -0.25) is 0 Å². The van der Waals surface area contributed by atoms with Crippen LogP contribution in [0, 0.1) is 0 Å². The summed E-state index contributed by atoms with van der Waals surface area (Å²) in [5, 5.41) is 0. The summed E-state index contributed by atoms with van der Waals surface area (Å²) >= 11 is 0. The van der Waals surface area contributed by atoms with Gasteiger partial charge in [0.15, 0.2) is 0 Å². The standard InChI is InChI=1S/C23H50O3Si/c1-5-8-9-10-11-12-13-14-15-16-17-18-19-20-21-22-23(4)26-27(24-6-2)25-7-3/h23,27H,5-22H2,1-4H3. The molecule has 0 spiro atoms. The van der Waals surface area contributed by atoms with E-state index in [-0.39, 0.29) is 6.10 Å². The first-order valence-corrected chi connectivity index (χ1v) is 13.5. The molecule has 0 rings (SSSR count). The van der Waals surface area contributed by atoms with E-state index in [1.807, 2.05) is 13.8 Å². The summed E-state index contributed by atoms with van der Waals surface area (Å²) in [6.45, 7) is 9.81. The van der Waals surface area contributed by atoms with Crippen LogP contribution < -0.4 is 0 Å². The second kappa shape index (κ2) is 22.4. The minimum atomic E-state index is -1.89. The van der Waals surface area contributed by atoms with Gasteiger partial charge < -0.3 is 13.3 Å². The van der Waals surface area contributed by atoms with E-state index in [0.29, 0.717) is 13.2 Å². The lowest BCUT2D eigenvalue weighted by atomic mass is 10.0. The molecule has 1 atom stereocenters. The molecule has 0 aliphatic rings. The molecule has 0 aromatic carbocycles. The zero-order valence-corrected chi connectivity index (χ0v) is 20.3. The maximum Gasteiger partial charge on any atom is 0.484 e. The van der Waals surface area contributed by atoms with Gasteiger partial charge in [0.1, 0.15) is 0 Å². The quantitative estimate of drug-likeness (QED) is 0.139. The predicted octanol–water partition coefficient (Wildman–Crippen LogP) is 7.44. The van der Waals surface area contributed by atoms with Crippen LogP contribution in [0.1, 0.15) is 130 Å². The van der Waals surface area contributed by atoms with Crippen molar-refractivity contribution in [2.24, 2.45) is 0 Å². The normalized spacial score (nSPS) is 12.8. The molecule has 0 aliphatic carbocycles. The minimum absolute atomic E-state index is 0.265. The van der Waals surface area contributed by atoms with Crippen LogP contribution in [0.15, 0.2) is 0 Å². The van der Waals surface area contributed by atoms with E-state index in [1.54, 1.807) is 0 Å². The lowest BCUT2D eigenvalue weighted by Crippen LogP contribution is -2.31. The molecule has 164 valence electrons. The van der Waals surface area contributed by atoms with Crippen molar-refractivity contribution < 1.29 is 13.3 Å². The minimum Gasteiger partial charge on any atom is -0.376 e. The van der Waals surface area contributed by atoms with Crippen LogP contribution in [0.3, 0.4) is 0 Å². The van der Waals surface area contributed by atoms with Crippen molar-refractivity contribution in [2.75, 3.05) is 13.2 Å². The van der Waals surface area contributed by atoms with Gasteiger partial charge in [0, 0.05) is 19.3 Å². The Labute approximate surface area is 172 Å². The first kappa shape index (κ1) is 27.1. The Balaban J connectivity index is 3.28. The Bertz CT molecular complexity index is 270. The van der Waals surface area contributed by atoms with Crippen LogP contribution in [-0.2, 0) is 13.3 Å². The van der Waals surface area contributed by atoms with Gasteiger partial charge in [-0.15, -0.1) is 0 Å². The van der Waals surface area contributed by atoms with Crippen LogP contribution in [0.25, 0.3) is 0 Å². The molecule has 4 heteroatoms. The summed E-state index contributed by atoms with van der Waals surface area (Å²) in [5.41, 5.74) is 0. The molecule has 0 bridgehead atoms. The van der Waals surface area contributed by atoms with Gasteiger partial charge in [-0.1, -0.05) is 103 Å². The monoisotopic (exact) mass is 402 g/mol. The summed E-state index contributed by atoms with van der Waals surface area (Å²) in [4.78, 5) is 0. The Morgan fingerprint density at radius 2 is 0.926 bits per heavy atom. The molecule has 0 fully saturated rings. The topological polar surface area (TPSA) is 27.7 Å². The number of rotatable bonds is 22. The van der Waals surface area contributed by atoms with Crippen LogP contribution in [0.5, 0.6) is 0 Å². The molecular formula is C23H50O3Si. The Hall–Kier alpha value is 0.0969. The largest absolute Gasteiger partial charge is 0.484 e. The van der Waals surface area contributed by atoms with Crippen LogP contribution in [0.4, 0.5) is 0 Å². The fourth-order valence-corrected chi connectivity index (χ4v) is 4.77. The van der Waals surface area contributed by atoms with Crippen molar-refractivity contribution in [1.82, 2.24) is 0 Å². The third-order valence-corrected chi connectivity index (χ3v) is 7.06. The summed E-state index contributed by atoms with van der Waals surface area (Å²) in [5.74, 6) is 0. The van der Waals surface area contributed by atoms with Gasteiger partial charge >= 0.3 is 9.53 Å². The summed E-state index contributed by atoms with van der Waals surface area (Å²) in [6.07, 6.45) is 22.6. The molecule has 0 N–H and O–H groups in total. The van der Waals surface area contributed by atoms with Gasteiger partial charge in [-0.25, -0.2) is 0 Å². The summed E-state index contributed by atoms with van der Waals surface area (Å²) in [7, 11) is -1.89. The maximum absolute atomic E-state index is 5.94.